The molecule has 0 radical (unpaired) electrons. The van der Waals surface area contributed by atoms with Gasteiger partial charge in [0, 0.05) is 5.41 Å². The molecule has 0 aliphatic heterocycles. The summed E-state index contributed by atoms with van der Waals surface area (Å²) in [6.45, 7) is 6.50. The summed E-state index contributed by atoms with van der Waals surface area (Å²) in [7, 11) is 0. The minimum atomic E-state index is -0.635. The summed E-state index contributed by atoms with van der Waals surface area (Å²) in [5.74, 6) is 0.731. The van der Waals surface area contributed by atoms with Crippen LogP contribution in [0, 0.1) is 11.3 Å². The van der Waals surface area contributed by atoms with E-state index in [2.05, 4.69) is 13.8 Å². The first-order chi connectivity index (χ1) is 6.97. The van der Waals surface area contributed by atoms with Crippen LogP contribution in [0.5, 0.6) is 0 Å². The lowest BCUT2D eigenvalue weighted by Gasteiger charge is -2.47. The average molecular weight is 214 g/mol. The molecule has 90 valence electrons. The minimum absolute atomic E-state index is 0.103. The second kappa shape index (κ2) is 4.84. The van der Waals surface area contributed by atoms with Crippen LogP contribution in [0.1, 0.15) is 59.3 Å². The minimum Gasteiger partial charge on any atom is -0.396 e. The molecule has 0 amide bonds. The molecule has 1 aliphatic carbocycles. The number of rotatable bonds is 4. The van der Waals surface area contributed by atoms with Crippen molar-refractivity contribution in [1.82, 2.24) is 0 Å². The maximum atomic E-state index is 10.7. The SMILES string of the molecule is CCCC(C)(CO)C1(O)CCC(C)CC1. The van der Waals surface area contributed by atoms with Crippen molar-refractivity contribution in [2.24, 2.45) is 11.3 Å². The Morgan fingerprint density at radius 2 is 1.87 bits per heavy atom. The highest BCUT2D eigenvalue weighted by Crippen LogP contribution is 2.46. The Bertz CT molecular complexity index is 195. The van der Waals surface area contributed by atoms with Crippen molar-refractivity contribution in [3.05, 3.63) is 0 Å². The van der Waals surface area contributed by atoms with Crippen molar-refractivity contribution < 1.29 is 10.2 Å². The predicted molar refractivity (Wildman–Crippen MR) is 62.7 cm³/mol. The van der Waals surface area contributed by atoms with E-state index < -0.39 is 5.60 Å². The van der Waals surface area contributed by atoms with Crippen molar-refractivity contribution in [3.63, 3.8) is 0 Å². The molecule has 2 N–H and O–H groups in total. The van der Waals surface area contributed by atoms with Crippen molar-refractivity contribution in [2.75, 3.05) is 6.61 Å². The molecule has 0 bridgehead atoms. The molecule has 0 aromatic rings. The zero-order valence-corrected chi connectivity index (χ0v) is 10.4. The van der Waals surface area contributed by atoms with Crippen LogP contribution >= 0.6 is 0 Å². The predicted octanol–water partition coefficient (Wildman–Crippen LogP) is 2.73. The monoisotopic (exact) mass is 214 g/mol. The Morgan fingerprint density at radius 3 is 2.27 bits per heavy atom. The zero-order chi connectivity index (χ0) is 11.5. The summed E-state index contributed by atoms with van der Waals surface area (Å²) < 4.78 is 0. The van der Waals surface area contributed by atoms with Crippen molar-refractivity contribution >= 4 is 0 Å². The molecular weight excluding hydrogens is 188 g/mol. The Balaban J connectivity index is 2.73. The van der Waals surface area contributed by atoms with Gasteiger partial charge in [0.25, 0.3) is 0 Å². The fraction of sp³-hybridized carbons (Fsp3) is 1.00. The van der Waals surface area contributed by atoms with E-state index in [0.717, 1.165) is 44.4 Å². The molecule has 1 aliphatic rings. The van der Waals surface area contributed by atoms with Crippen LogP contribution in [-0.2, 0) is 0 Å². The van der Waals surface area contributed by atoms with Crippen LogP contribution in [0.4, 0.5) is 0 Å². The van der Waals surface area contributed by atoms with Gasteiger partial charge in [0.1, 0.15) is 0 Å². The van der Waals surface area contributed by atoms with Crippen LogP contribution in [-0.4, -0.2) is 22.4 Å². The fourth-order valence-corrected chi connectivity index (χ4v) is 2.85. The van der Waals surface area contributed by atoms with Gasteiger partial charge in [-0.25, -0.2) is 0 Å². The second-order valence-corrected chi connectivity index (χ2v) is 5.68. The Morgan fingerprint density at radius 1 is 1.33 bits per heavy atom. The first-order valence-electron chi connectivity index (χ1n) is 6.31. The highest BCUT2D eigenvalue weighted by Gasteiger charge is 2.46. The van der Waals surface area contributed by atoms with Gasteiger partial charge in [-0.05, 0) is 38.0 Å². The van der Waals surface area contributed by atoms with E-state index in [0.29, 0.717) is 0 Å². The Labute approximate surface area is 93.7 Å². The maximum absolute atomic E-state index is 10.7. The van der Waals surface area contributed by atoms with E-state index in [1.54, 1.807) is 0 Å². The molecule has 0 saturated heterocycles. The van der Waals surface area contributed by atoms with Crippen LogP contribution < -0.4 is 0 Å². The third-order valence-corrected chi connectivity index (χ3v) is 4.38. The number of aliphatic hydroxyl groups excluding tert-OH is 1. The number of hydrogen-bond acceptors (Lipinski definition) is 2. The molecule has 2 nitrogen and oxygen atoms in total. The molecule has 1 fully saturated rings. The van der Waals surface area contributed by atoms with Gasteiger partial charge >= 0.3 is 0 Å². The molecular formula is C13H26O2. The van der Waals surface area contributed by atoms with Crippen LogP contribution in [0.25, 0.3) is 0 Å². The molecule has 0 aromatic heterocycles. The third kappa shape index (κ3) is 2.54. The number of hydrogen-bond donors (Lipinski definition) is 2. The van der Waals surface area contributed by atoms with Gasteiger partial charge in [0.15, 0.2) is 0 Å². The van der Waals surface area contributed by atoms with Crippen LogP contribution in [0.3, 0.4) is 0 Å². The highest BCUT2D eigenvalue weighted by molar-refractivity contribution is 4.98. The Kier molecular flexibility index (Phi) is 4.19. The van der Waals surface area contributed by atoms with Gasteiger partial charge in [-0.2, -0.15) is 0 Å². The first kappa shape index (κ1) is 13.0. The van der Waals surface area contributed by atoms with Gasteiger partial charge in [-0.15, -0.1) is 0 Å². The molecule has 15 heavy (non-hydrogen) atoms. The molecule has 0 aromatic carbocycles. The lowest BCUT2D eigenvalue weighted by molar-refractivity contribution is -0.131. The summed E-state index contributed by atoms with van der Waals surface area (Å²) in [6.07, 6.45) is 5.82. The van der Waals surface area contributed by atoms with E-state index >= 15 is 0 Å². The summed E-state index contributed by atoms with van der Waals surface area (Å²) in [5.41, 5.74) is -0.938. The first-order valence-corrected chi connectivity index (χ1v) is 6.31. The molecule has 1 unspecified atom stereocenters. The lowest BCUT2D eigenvalue weighted by atomic mass is 9.63. The summed E-state index contributed by atoms with van der Waals surface area (Å²) in [6, 6.07) is 0. The quantitative estimate of drug-likeness (QED) is 0.755. The molecule has 1 saturated carbocycles. The third-order valence-electron chi connectivity index (χ3n) is 4.38. The van der Waals surface area contributed by atoms with E-state index in [1.807, 2.05) is 6.92 Å². The summed E-state index contributed by atoms with van der Waals surface area (Å²) in [4.78, 5) is 0. The molecule has 1 rings (SSSR count). The van der Waals surface area contributed by atoms with E-state index in [1.165, 1.54) is 0 Å². The van der Waals surface area contributed by atoms with Crippen molar-refractivity contribution in [1.29, 1.82) is 0 Å². The molecule has 1 atom stereocenters. The number of aliphatic hydroxyl groups is 2. The second-order valence-electron chi connectivity index (χ2n) is 5.68. The van der Waals surface area contributed by atoms with Crippen molar-refractivity contribution in [2.45, 2.75) is 64.9 Å². The lowest BCUT2D eigenvalue weighted by Crippen LogP contribution is -2.50. The van der Waals surface area contributed by atoms with Crippen LogP contribution in [0.2, 0.25) is 0 Å². The normalized spacial score (nSPS) is 36.2. The van der Waals surface area contributed by atoms with E-state index in [-0.39, 0.29) is 12.0 Å². The van der Waals surface area contributed by atoms with Crippen LogP contribution in [0.15, 0.2) is 0 Å². The largest absolute Gasteiger partial charge is 0.396 e. The molecule has 0 spiro atoms. The van der Waals surface area contributed by atoms with Gasteiger partial charge in [0.2, 0.25) is 0 Å². The molecule has 0 heterocycles. The van der Waals surface area contributed by atoms with E-state index in [4.69, 9.17) is 0 Å². The van der Waals surface area contributed by atoms with Crippen molar-refractivity contribution in [3.8, 4) is 0 Å². The van der Waals surface area contributed by atoms with E-state index in [9.17, 15) is 10.2 Å². The Hall–Kier alpha value is -0.0800. The zero-order valence-electron chi connectivity index (χ0n) is 10.4. The standard InChI is InChI=1S/C13H26O2/c1-4-7-12(3,10-14)13(15)8-5-11(2)6-9-13/h11,14-15H,4-10H2,1-3H3. The smallest absolute Gasteiger partial charge is 0.0723 e. The topological polar surface area (TPSA) is 40.5 Å². The molecule has 2 heteroatoms. The summed E-state index contributed by atoms with van der Waals surface area (Å²) in [5, 5.41) is 20.2. The summed E-state index contributed by atoms with van der Waals surface area (Å²) >= 11 is 0. The van der Waals surface area contributed by atoms with Gasteiger partial charge in [0.05, 0.1) is 12.2 Å². The highest BCUT2D eigenvalue weighted by atomic mass is 16.3. The van der Waals surface area contributed by atoms with Gasteiger partial charge in [-0.1, -0.05) is 27.2 Å². The van der Waals surface area contributed by atoms with Gasteiger partial charge < -0.3 is 10.2 Å². The van der Waals surface area contributed by atoms with Gasteiger partial charge in [-0.3, -0.25) is 0 Å². The average Bonchev–Trinajstić information content (AvgIpc) is 2.23. The maximum Gasteiger partial charge on any atom is 0.0723 e. The fourth-order valence-electron chi connectivity index (χ4n) is 2.85.